The van der Waals surface area contributed by atoms with E-state index in [1.54, 1.807) is 18.3 Å². The van der Waals surface area contributed by atoms with Crippen molar-refractivity contribution < 1.29 is 13.5 Å². The van der Waals surface area contributed by atoms with Crippen LogP contribution in [0.1, 0.15) is 0 Å². The van der Waals surface area contributed by atoms with E-state index in [0.717, 1.165) is 0 Å². The maximum Gasteiger partial charge on any atom is 0.387 e. The zero-order valence-corrected chi connectivity index (χ0v) is 9.55. The molecule has 0 bridgehead atoms. The lowest BCUT2D eigenvalue weighted by molar-refractivity contribution is -0.0498. The highest BCUT2D eigenvalue weighted by Gasteiger charge is 2.09. The Morgan fingerprint density at radius 1 is 1.26 bits per heavy atom. The molecule has 2 heterocycles. The molecular formula is C12H8F2N4O. The van der Waals surface area contributed by atoms with Crippen molar-refractivity contribution in [3.63, 3.8) is 0 Å². The molecule has 0 saturated carbocycles. The molecule has 0 saturated heterocycles. The lowest BCUT2D eigenvalue weighted by Gasteiger charge is -2.05. The summed E-state index contributed by atoms with van der Waals surface area (Å²) in [5, 5.41) is 0. The van der Waals surface area contributed by atoms with E-state index in [-0.39, 0.29) is 5.75 Å². The van der Waals surface area contributed by atoms with Crippen LogP contribution >= 0.6 is 0 Å². The summed E-state index contributed by atoms with van der Waals surface area (Å²) in [6, 6.07) is 6.30. The number of halogens is 2. The Kier molecular flexibility index (Phi) is 2.79. The smallest absolute Gasteiger partial charge is 0.387 e. The number of alkyl halides is 2. The maximum atomic E-state index is 12.2. The molecule has 3 aromatic rings. The Morgan fingerprint density at radius 2 is 2.16 bits per heavy atom. The summed E-state index contributed by atoms with van der Waals surface area (Å²) >= 11 is 0. The molecule has 5 nitrogen and oxygen atoms in total. The fourth-order valence-electron chi connectivity index (χ4n) is 1.72. The van der Waals surface area contributed by atoms with Crippen molar-refractivity contribution in [2.45, 2.75) is 6.61 Å². The van der Waals surface area contributed by atoms with Gasteiger partial charge in [-0.1, -0.05) is 12.1 Å². The summed E-state index contributed by atoms with van der Waals surface area (Å²) in [7, 11) is 0. The first-order valence-electron chi connectivity index (χ1n) is 5.43. The largest absolute Gasteiger partial charge is 0.435 e. The highest BCUT2D eigenvalue weighted by atomic mass is 19.3. The van der Waals surface area contributed by atoms with Crippen LogP contribution in [0.25, 0.3) is 22.6 Å². The Morgan fingerprint density at radius 3 is 2.95 bits per heavy atom. The van der Waals surface area contributed by atoms with E-state index in [1.807, 2.05) is 0 Å². The fraction of sp³-hybridized carbons (Fsp3) is 0.0833. The van der Waals surface area contributed by atoms with Gasteiger partial charge in [-0.15, -0.1) is 0 Å². The van der Waals surface area contributed by atoms with Gasteiger partial charge < -0.3 is 9.72 Å². The maximum absolute atomic E-state index is 12.2. The van der Waals surface area contributed by atoms with Crippen LogP contribution in [0.2, 0.25) is 0 Å². The minimum Gasteiger partial charge on any atom is -0.435 e. The van der Waals surface area contributed by atoms with Gasteiger partial charge in [0.15, 0.2) is 5.65 Å². The average molecular weight is 262 g/mol. The molecule has 1 aromatic carbocycles. The summed E-state index contributed by atoms with van der Waals surface area (Å²) < 4.78 is 28.7. The van der Waals surface area contributed by atoms with E-state index in [0.29, 0.717) is 22.6 Å². The second-order valence-electron chi connectivity index (χ2n) is 3.75. The first-order chi connectivity index (χ1) is 9.22. The molecule has 0 aliphatic carbocycles. The van der Waals surface area contributed by atoms with Gasteiger partial charge in [-0.3, -0.25) is 0 Å². The number of imidazole rings is 1. The molecule has 7 heteroatoms. The highest BCUT2D eigenvalue weighted by Crippen LogP contribution is 2.24. The van der Waals surface area contributed by atoms with Gasteiger partial charge in [-0.05, 0) is 12.1 Å². The number of rotatable bonds is 3. The van der Waals surface area contributed by atoms with Crippen LogP contribution in [0, 0.1) is 0 Å². The minimum atomic E-state index is -2.85. The van der Waals surface area contributed by atoms with Crippen LogP contribution in [0.5, 0.6) is 5.75 Å². The first kappa shape index (κ1) is 11.5. The lowest BCUT2D eigenvalue weighted by atomic mass is 10.2. The highest BCUT2D eigenvalue weighted by molar-refractivity contribution is 5.75. The number of nitrogens with zero attached hydrogens (tertiary/aromatic N) is 3. The van der Waals surface area contributed by atoms with Crippen LogP contribution in [0.3, 0.4) is 0 Å². The molecule has 3 rings (SSSR count). The van der Waals surface area contributed by atoms with Crippen molar-refractivity contribution >= 4 is 11.2 Å². The van der Waals surface area contributed by atoms with Crippen molar-refractivity contribution in [3.05, 3.63) is 36.8 Å². The monoisotopic (exact) mass is 262 g/mol. The number of nitrogens with one attached hydrogen (secondary N) is 1. The number of hydrogen-bond acceptors (Lipinski definition) is 4. The Balaban J connectivity index is 2.01. The van der Waals surface area contributed by atoms with Gasteiger partial charge in [-0.25, -0.2) is 15.0 Å². The van der Waals surface area contributed by atoms with Gasteiger partial charge in [0.1, 0.15) is 23.4 Å². The minimum absolute atomic E-state index is 0.0824. The number of ether oxygens (including phenoxy) is 1. The second-order valence-corrected chi connectivity index (χ2v) is 3.75. The SMILES string of the molecule is FC(F)Oc1cccc(-c2nc3ncncc3[nH]2)c1. The van der Waals surface area contributed by atoms with Crippen molar-refractivity contribution in [3.8, 4) is 17.1 Å². The van der Waals surface area contributed by atoms with Crippen molar-refractivity contribution in [1.82, 2.24) is 19.9 Å². The molecule has 0 amide bonds. The average Bonchev–Trinajstić information content (AvgIpc) is 2.82. The molecule has 0 spiro atoms. The van der Waals surface area contributed by atoms with Crippen LogP contribution in [-0.2, 0) is 0 Å². The van der Waals surface area contributed by atoms with Gasteiger partial charge in [-0.2, -0.15) is 8.78 Å². The lowest BCUT2D eigenvalue weighted by Crippen LogP contribution is -2.01. The third kappa shape index (κ3) is 2.35. The van der Waals surface area contributed by atoms with Crippen LogP contribution in [0.4, 0.5) is 8.78 Å². The topological polar surface area (TPSA) is 63.7 Å². The van der Waals surface area contributed by atoms with Gasteiger partial charge in [0, 0.05) is 5.56 Å². The number of hydrogen-bond donors (Lipinski definition) is 1. The van der Waals surface area contributed by atoms with Crippen molar-refractivity contribution in [1.29, 1.82) is 0 Å². The number of aromatic amines is 1. The standard InChI is InChI=1S/C12H8F2N4O/c13-12(14)19-8-3-1-2-7(4-8)10-17-9-5-15-6-16-11(9)18-10/h1-6,12H,(H,15,16,17,18). The van der Waals surface area contributed by atoms with Crippen molar-refractivity contribution in [2.75, 3.05) is 0 Å². The number of aromatic nitrogens is 4. The normalized spacial score (nSPS) is 11.1. The van der Waals surface area contributed by atoms with E-state index in [1.165, 1.54) is 18.5 Å². The molecule has 0 fully saturated rings. The number of fused-ring (bicyclic) bond motifs is 1. The Labute approximate surface area is 106 Å². The van der Waals surface area contributed by atoms with Gasteiger partial charge in [0.25, 0.3) is 0 Å². The zero-order valence-electron chi connectivity index (χ0n) is 9.55. The van der Waals surface area contributed by atoms with Gasteiger partial charge in [0.05, 0.1) is 6.20 Å². The third-order valence-electron chi connectivity index (χ3n) is 2.49. The van der Waals surface area contributed by atoms with Crippen LogP contribution in [-0.4, -0.2) is 26.5 Å². The van der Waals surface area contributed by atoms with Gasteiger partial charge >= 0.3 is 6.61 Å². The summed E-state index contributed by atoms with van der Waals surface area (Å²) in [5.41, 5.74) is 1.83. The van der Waals surface area contributed by atoms with E-state index >= 15 is 0 Å². The zero-order chi connectivity index (χ0) is 13.2. The molecule has 19 heavy (non-hydrogen) atoms. The quantitative estimate of drug-likeness (QED) is 0.788. The predicted molar refractivity (Wildman–Crippen MR) is 63.8 cm³/mol. The van der Waals surface area contributed by atoms with Crippen LogP contribution in [0.15, 0.2) is 36.8 Å². The van der Waals surface area contributed by atoms with Crippen LogP contribution < -0.4 is 4.74 Å². The fourth-order valence-corrected chi connectivity index (χ4v) is 1.72. The second kappa shape index (κ2) is 4.60. The molecular weight excluding hydrogens is 254 g/mol. The van der Waals surface area contributed by atoms with E-state index in [9.17, 15) is 8.78 Å². The molecule has 0 radical (unpaired) electrons. The molecule has 1 N–H and O–H groups in total. The van der Waals surface area contributed by atoms with Crippen molar-refractivity contribution in [2.24, 2.45) is 0 Å². The van der Waals surface area contributed by atoms with Gasteiger partial charge in [0.2, 0.25) is 0 Å². The molecule has 0 aliphatic heterocycles. The molecule has 0 atom stereocenters. The first-order valence-corrected chi connectivity index (χ1v) is 5.43. The van der Waals surface area contributed by atoms with E-state index in [4.69, 9.17) is 0 Å². The molecule has 0 unspecified atom stereocenters. The Bertz CT molecular complexity index is 681. The summed E-state index contributed by atoms with van der Waals surface area (Å²) in [6.45, 7) is -2.85. The molecule has 2 aromatic heterocycles. The number of benzene rings is 1. The molecule has 0 aliphatic rings. The van der Waals surface area contributed by atoms with E-state index in [2.05, 4.69) is 24.7 Å². The summed E-state index contributed by atoms with van der Waals surface area (Å²) in [6.07, 6.45) is 2.99. The number of H-pyrrole nitrogens is 1. The Hall–Kier alpha value is -2.57. The predicted octanol–water partition coefficient (Wildman–Crippen LogP) is 2.62. The third-order valence-corrected chi connectivity index (χ3v) is 2.49. The molecule has 96 valence electrons. The van der Waals surface area contributed by atoms with E-state index < -0.39 is 6.61 Å². The summed E-state index contributed by atoms with van der Waals surface area (Å²) in [5.74, 6) is 0.606. The summed E-state index contributed by atoms with van der Waals surface area (Å²) in [4.78, 5) is 15.1.